The van der Waals surface area contributed by atoms with Crippen molar-refractivity contribution >= 4 is 5.97 Å². The number of benzene rings is 1. The van der Waals surface area contributed by atoms with Crippen LogP contribution in [-0.4, -0.2) is 17.1 Å². The van der Waals surface area contributed by atoms with E-state index in [0.29, 0.717) is 24.3 Å². The zero-order valence-electron chi connectivity index (χ0n) is 14.3. The number of nitrogens with one attached hydrogen (secondary N) is 1. The topological polar surface area (TPSA) is 49.3 Å². The van der Waals surface area contributed by atoms with Crippen LogP contribution in [-0.2, 0) is 11.3 Å². The molecule has 2 bridgehead atoms. The van der Waals surface area contributed by atoms with Crippen molar-refractivity contribution < 1.29 is 9.90 Å². The van der Waals surface area contributed by atoms with Crippen molar-refractivity contribution in [3.05, 3.63) is 35.9 Å². The van der Waals surface area contributed by atoms with Crippen molar-refractivity contribution in [3.63, 3.8) is 0 Å². The third kappa shape index (κ3) is 4.00. The van der Waals surface area contributed by atoms with E-state index >= 15 is 0 Å². The molecule has 3 nitrogen and oxygen atoms in total. The van der Waals surface area contributed by atoms with E-state index in [0.717, 1.165) is 24.8 Å². The highest BCUT2D eigenvalue weighted by Gasteiger charge is 2.51. The first-order valence-electron chi connectivity index (χ1n) is 8.98. The molecule has 2 aliphatic carbocycles. The maximum absolute atomic E-state index is 12.1. The Morgan fingerprint density at radius 3 is 2.29 bits per heavy atom. The van der Waals surface area contributed by atoms with Gasteiger partial charge in [0.1, 0.15) is 6.04 Å². The average molecular weight is 332 g/mol. The van der Waals surface area contributed by atoms with E-state index in [2.05, 4.69) is 31.3 Å². The third-order valence-electron chi connectivity index (χ3n) is 5.89. The lowest BCUT2D eigenvalue weighted by atomic mass is 9.54. The van der Waals surface area contributed by atoms with Gasteiger partial charge in [0.2, 0.25) is 0 Å². The molecule has 0 radical (unpaired) electrons. The van der Waals surface area contributed by atoms with E-state index in [-0.39, 0.29) is 12.8 Å². The Kier molecular flexibility index (Phi) is 6.08. The largest absolute Gasteiger partial charge is 0.480 e. The predicted octanol–water partition coefficient (Wildman–Crippen LogP) is 4.72. The molecule has 0 aromatic heterocycles. The molecule has 3 heteroatoms. The minimum absolute atomic E-state index is 0. The number of fused-ring (bicyclic) bond motifs is 2. The van der Waals surface area contributed by atoms with Crippen LogP contribution in [0.3, 0.4) is 0 Å². The fourth-order valence-electron chi connectivity index (χ4n) is 5.52. The molecular weight excluding hydrogens is 298 g/mol. The number of hydrogen-bond donors (Lipinski definition) is 2. The molecule has 2 aliphatic rings. The quantitative estimate of drug-likeness (QED) is 0.821. The predicted molar refractivity (Wildman–Crippen MR) is 98.8 cm³/mol. The normalized spacial score (nSPS) is 33.3. The highest BCUT2D eigenvalue weighted by Crippen LogP contribution is 2.54. The molecule has 3 atom stereocenters. The zero-order chi connectivity index (χ0) is 16.4. The first-order chi connectivity index (χ1) is 11.0. The van der Waals surface area contributed by atoms with Gasteiger partial charge in [0, 0.05) is 6.54 Å². The van der Waals surface area contributed by atoms with Crippen molar-refractivity contribution in [3.8, 4) is 0 Å². The van der Waals surface area contributed by atoms with Crippen molar-refractivity contribution in [2.45, 2.75) is 66.0 Å². The van der Waals surface area contributed by atoms with E-state index in [1.54, 1.807) is 0 Å². The molecule has 1 aromatic carbocycles. The molecule has 0 amide bonds. The summed E-state index contributed by atoms with van der Waals surface area (Å²) in [4.78, 5) is 12.1. The first-order valence-corrected chi connectivity index (χ1v) is 8.98. The Bertz CT molecular complexity index is 523. The highest BCUT2D eigenvalue weighted by atomic mass is 16.4. The van der Waals surface area contributed by atoms with Crippen LogP contribution < -0.4 is 5.32 Å². The maximum atomic E-state index is 12.1. The standard InChI is InChI=1S/C20H29NO2.CH4/c1-14-8-17-9-15(2)11-20(10-14,12-17)18(19(22)23)21-13-16-6-4-3-5-7-16;/h3-7,14-15,17-18,21H,8-13H2,1-2H3,(H,22,23);1H4. The van der Waals surface area contributed by atoms with E-state index in [1.165, 1.54) is 12.8 Å². The molecule has 1 aromatic rings. The number of carbonyl (C=O) groups is 1. The van der Waals surface area contributed by atoms with Crippen LogP contribution in [0.25, 0.3) is 0 Å². The van der Waals surface area contributed by atoms with Gasteiger partial charge in [-0.25, -0.2) is 0 Å². The summed E-state index contributed by atoms with van der Waals surface area (Å²) in [5.41, 5.74) is 1.08. The van der Waals surface area contributed by atoms with Crippen molar-refractivity contribution in [2.75, 3.05) is 0 Å². The number of carboxylic acids is 1. The highest BCUT2D eigenvalue weighted by molar-refractivity contribution is 5.74. The Balaban J connectivity index is 0.00000208. The Morgan fingerprint density at radius 1 is 1.17 bits per heavy atom. The fraction of sp³-hybridized carbons (Fsp3) is 0.667. The van der Waals surface area contributed by atoms with Gasteiger partial charge >= 0.3 is 5.97 Å². The van der Waals surface area contributed by atoms with Crippen LogP contribution in [0.1, 0.15) is 58.9 Å². The summed E-state index contributed by atoms with van der Waals surface area (Å²) in [6.07, 6.45) is 5.73. The molecule has 0 spiro atoms. The lowest BCUT2D eigenvalue weighted by Gasteiger charge is -2.52. The summed E-state index contributed by atoms with van der Waals surface area (Å²) in [6.45, 7) is 5.23. The summed E-state index contributed by atoms with van der Waals surface area (Å²) in [7, 11) is 0. The lowest BCUT2D eigenvalue weighted by Crippen LogP contribution is -2.55. The summed E-state index contributed by atoms with van der Waals surface area (Å²) in [6, 6.07) is 9.68. The maximum Gasteiger partial charge on any atom is 0.321 e. The monoisotopic (exact) mass is 331 g/mol. The number of aliphatic carboxylic acids is 1. The Hall–Kier alpha value is -1.35. The third-order valence-corrected chi connectivity index (χ3v) is 5.89. The van der Waals surface area contributed by atoms with Crippen molar-refractivity contribution in [1.82, 2.24) is 5.32 Å². The van der Waals surface area contributed by atoms with Gasteiger partial charge in [0.25, 0.3) is 0 Å². The van der Waals surface area contributed by atoms with Gasteiger partial charge in [-0.15, -0.1) is 0 Å². The number of hydrogen-bond acceptors (Lipinski definition) is 2. The SMILES string of the molecule is C.CC1CC2CC(C)CC(C(NCc3ccccc3)C(=O)O)(C1)C2. The summed E-state index contributed by atoms with van der Waals surface area (Å²) >= 11 is 0. The van der Waals surface area contributed by atoms with E-state index < -0.39 is 12.0 Å². The van der Waals surface area contributed by atoms with E-state index in [4.69, 9.17) is 0 Å². The zero-order valence-corrected chi connectivity index (χ0v) is 14.3. The molecule has 134 valence electrons. The van der Waals surface area contributed by atoms with Crippen LogP contribution in [0.2, 0.25) is 0 Å². The van der Waals surface area contributed by atoms with Crippen LogP contribution >= 0.6 is 0 Å². The molecule has 2 fully saturated rings. The van der Waals surface area contributed by atoms with Gasteiger partial charge in [0.05, 0.1) is 0 Å². The molecule has 2 saturated carbocycles. The first kappa shape index (κ1) is 19.0. The molecule has 3 rings (SSSR count). The molecule has 3 unspecified atom stereocenters. The molecule has 2 N–H and O–H groups in total. The van der Waals surface area contributed by atoms with Gasteiger partial charge in [0.15, 0.2) is 0 Å². The van der Waals surface area contributed by atoms with Crippen LogP contribution in [0.4, 0.5) is 0 Å². The second kappa shape index (κ2) is 7.69. The second-order valence-electron chi connectivity index (χ2n) is 8.16. The van der Waals surface area contributed by atoms with E-state index in [1.807, 2.05) is 18.2 Å². The van der Waals surface area contributed by atoms with Crippen LogP contribution in [0.5, 0.6) is 0 Å². The minimum Gasteiger partial charge on any atom is -0.480 e. The smallest absolute Gasteiger partial charge is 0.321 e. The molecule has 24 heavy (non-hydrogen) atoms. The number of carboxylic acid groups (broad SMARTS) is 1. The van der Waals surface area contributed by atoms with Gasteiger partial charge in [-0.2, -0.15) is 0 Å². The minimum atomic E-state index is -0.678. The fourth-order valence-corrected chi connectivity index (χ4v) is 5.52. The summed E-state index contributed by atoms with van der Waals surface area (Å²) < 4.78 is 0. The summed E-state index contributed by atoms with van der Waals surface area (Å²) in [5, 5.41) is 13.3. The molecular formula is C21H33NO2. The van der Waals surface area contributed by atoms with Gasteiger partial charge in [-0.1, -0.05) is 51.6 Å². The van der Waals surface area contributed by atoms with Gasteiger partial charge in [-0.3, -0.25) is 10.1 Å². The molecule has 0 aliphatic heterocycles. The Labute approximate surface area is 146 Å². The average Bonchev–Trinajstić information content (AvgIpc) is 2.46. The lowest BCUT2D eigenvalue weighted by molar-refractivity contribution is -0.147. The van der Waals surface area contributed by atoms with Gasteiger partial charge < -0.3 is 5.11 Å². The van der Waals surface area contributed by atoms with Gasteiger partial charge in [-0.05, 0) is 60.8 Å². The van der Waals surface area contributed by atoms with Crippen LogP contribution in [0, 0.1) is 23.2 Å². The molecule has 0 heterocycles. The van der Waals surface area contributed by atoms with Crippen LogP contribution in [0.15, 0.2) is 30.3 Å². The number of rotatable bonds is 5. The summed E-state index contributed by atoms with van der Waals surface area (Å²) in [5.74, 6) is 1.31. The molecule has 0 saturated heterocycles. The van der Waals surface area contributed by atoms with E-state index in [9.17, 15) is 9.90 Å². The second-order valence-corrected chi connectivity index (χ2v) is 8.16. The van der Waals surface area contributed by atoms with Crippen molar-refractivity contribution in [2.24, 2.45) is 23.2 Å². The van der Waals surface area contributed by atoms with Crippen molar-refractivity contribution in [1.29, 1.82) is 0 Å². The Morgan fingerprint density at radius 2 is 1.75 bits per heavy atom.